The van der Waals surface area contributed by atoms with Gasteiger partial charge in [-0.15, -0.1) is 12.4 Å². The van der Waals surface area contributed by atoms with Gasteiger partial charge in [0, 0.05) is 32.3 Å². The maximum absolute atomic E-state index is 13.1. The molecule has 0 spiro atoms. The summed E-state index contributed by atoms with van der Waals surface area (Å²) in [4.78, 5) is 2.93. The minimum absolute atomic E-state index is 0. The number of halogens is 1. The Morgan fingerprint density at radius 2 is 1.56 bits per heavy atom. The summed E-state index contributed by atoms with van der Waals surface area (Å²) < 4.78 is 33.0. The molecule has 2 atom stereocenters. The van der Waals surface area contributed by atoms with Gasteiger partial charge in [0.25, 0.3) is 0 Å². The average Bonchev–Trinajstić information content (AvgIpc) is 3.42. The van der Waals surface area contributed by atoms with Crippen molar-refractivity contribution in [3.05, 3.63) is 54.1 Å². The van der Waals surface area contributed by atoms with Gasteiger partial charge in [-0.3, -0.25) is 0 Å². The van der Waals surface area contributed by atoms with Crippen LogP contribution in [0.1, 0.15) is 38.2 Å². The zero-order chi connectivity index (χ0) is 21.8. The van der Waals surface area contributed by atoms with Gasteiger partial charge in [-0.1, -0.05) is 36.4 Å². The zero-order valence-corrected chi connectivity index (χ0v) is 20.7. The van der Waals surface area contributed by atoms with E-state index in [1.807, 2.05) is 12.1 Å². The van der Waals surface area contributed by atoms with Crippen molar-refractivity contribution in [2.24, 2.45) is 0 Å². The first-order valence-corrected chi connectivity index (χ1v) is 12.9. The standard InChI is InChI=1S/C25H34N2O3S.ClH/c1-20-5-3-16-26(20)18-15-21-7-9-22(10-8-21)23-11-13-25(14-12-23)31(28,29)27-17-4-6-24(27)19-30-2;/h7-14,20,24H,3-6,15-19H2,1-2H3;1H/t20-,24?;/m1./s1. The summed E-state index contributed by atoms with van der Waals surface area (Å²) in [6.45, 7) is 5.67. The second-order valence-electron chi connectivity index (χ2n) is 8.87. The molecule has 176 valence electrons. The van der Waals surface area contributed by atoms with Gasteiger partial charge >= 0.3 is 0 Å². The van der Waals surface area contributed by atoms with E-state index in [2.05, 4.69) is 36.1 Å². The summed E-state index contributed by atoms with van der Waals surface area (Å²) in [5, 5.41) is 0. The Labute approximate surface area is 199 Å². The van der Waals surface area contributed by atoms with Gasteiger partial charge in [0.05, 0.1) is 11.5 Å². The van der Waals surface area contributed by atoms with E-state index in [4.69, 9.17) is 4.74 Å². The molecule has 2 saturated heterocycles. The largest absolute Gasteiger partial charge is 0.383 e. The van der Waals surface area contributed by atoms with Crippen molar-refractivity contribution < 1.29 is 13.2 Å². The Morgan fingerprint density at radius 1 is 0.938 bits per heavy atom. The fourth-order valence-corrected chi connectivity index (χ4v) is 6.58. The third kappa shape index (κ3) is 5.54. The van der Waals surface area contributed by atoms with Crippen molar-refractivity contribution in [3.8, 4) is 11.1 Å². The Hall–Kier alpha value is -1.44. The molecule has 0 radical (unpaired) electrons. The lowest BCUT2D eigenvalue weighted by atomic mass is 10.0. The van der Waals surface area contributed by atoms with Crippen LogP contribution in [0.3, 0.4) is 0 Å². The first-order chi connectivity index (χ1) is 15.0. The molecule has 4 rings (SSSR count). The highest BCUT2D eigenvalue weighted by molar-refractivity contribution is 7.89. The van der Waals surface area contributed by atoms with E-state index < -0.39 is 10.0 Å². The fourth-order valence-electron chi connectivity index (χ4n) is 4.90. The Bertz CT molecular complexity index is 964. The van der Waals surface area contributed by atoms with Crippen LogP contribution in [0.25, 0.3) is 11.1 Å². The van der Waals surface area contributed by atoms with Crippen LogP contribution in [-0.4, -0.2) is 63.1 Å². The van der Waals surface area contributed by atoms with Crippen LogP contribution in [0.2, 0.25) is 0 Å². The van der Waals surface area contributed by atoms with E-state index in [-0.39, 0.29) is 18.4 Å². The van der Waals surface area contributed by atoms with Crippen LogP contribution >= 0.6 is 12.4 Å². The first kappa shape index (κ1) is 25.2. The normalized spacial score (nSPS) is 22.2. The monoisotopic (exact) mass is 478 g/mol. The predicted octanol–water partition coefficient (Wildman–Crippen LogP) is 4.60. The lowest BCUT2D eigenvalue weighted by molar-refractivity contribution is 0.149. The second kappa shape index (κ2) is 11.1. The minimum Gasteiger partial charge on any atom is -0.383 e. The molecular weight excluding hydrogens is 444 g/mol. The molecule has 2 aromatic carbocycles. The number of ether oxygens (including phenoxy) is 1. The molecule has 0 aliphatic carbocycles. The van der Waals surface area contributed by atoms with Crippen molar-refractivity contribution in [3.63, 3.8) is 0 Å². The number of benzene rings is 2. The van der Waals surface area contributed by atoms with Crippen LogP contribution in [0.15, 0.2) is 53.4 Å². The average molecular weight is 479 g/mol. The summed E-state index contributed by atoms with van der Waals surface area (Å²) in [5.74, 6) is 0. The van der Waals surface area contributed by atoms with E-state index >= 15 is 0 Å². The highest BCUT2D eigenvalue weighted by Crippen LogP contribution is 2.28. The Balaban J connectivity index is 0.00000289. The Kier molecular flexibility index (Phi) is 8.75. The van der Waals surface area contributed by atoms with Gasteiger partial charge < -0.3 is 9.64 Å². The molecule has 2 aliphatic rings. The molecule has 2 heterocycles. The van der Waals surface area contributed by atoms with E-state index in [0.717, 1.165) is 36.9 Å². The molecule has 0 amide bonds. The van der Waals surface area contributed by atoms with E-state index in [1.165, 1.54) is 24.9 Å². The SMILES string of the molecule is COCC1CCCN1S(=O)(=O)c1ccc(-c2ccc(CCN3CCC[C@H]3C)cc2)cc1.Cl. The number of nitrogens with zero attached hydrogens (tertiary/aromatic N) is 2. The third-order valence-corrected chi connectivity index (χ3v) is 8.77. The highest BCUT2D eigenvalue weighted by atomic mass is 35.5. The molecule has 2 aliphatic heterocycles. The van der Waals surface area contributed by atoms with Crippen LogP contribution in [0, 0.1) is 0 Å². The van der Waals surface area contributed by atoms with Gasteiger partial charge in [0.15, 0.2) is 0 Å². The molecule has 2 aromatic rings. The lowest BCUT2D eigenvalue weighted by Gasteiger charge is -2.23. The smallest absolute Gasteiger partial charge is 0.243 e. The maximum atomic E-state index is 13.1. The molecule has 5 nitrogen and oxygen atoms in total. The van der Waals surface area contributed by atoms with Crippen molar-refractivity contribution in [1.29, 1.82) is 0 Å². The number of sulfonamides is 1. The topological polar surface area (TPSA) is 49.9 Å². The zero-order valence-electron chi connectivity index (χ0n) is 19.1. The number of likely N-dealkylation sites (tertiary alicyclic amines) is 1. The minimum atomic E-state index is -3.49. The molecule has 1 unspecified atom stereocenters. The summed E-state index contributed by atoms with van der Waals surface area (Å²) in [6, 6.07) is 16.6. The van der Waals surface area contributed by atoms with Crippen molar-refractivity contribution >= 4 is 22.4 Å². The van der Waals surface area contributed by atoms with Crippen LogP contribution in [0.5, 0.6) is 0 Å². The fraction of sp³-hybridized carbons (Fsp3) is 0.520. The van der Waals surface area contributed by atoms with Gasteiger partial charge in [-0.25, -0.2) is 8.42 Å². The van der Waals surface area contributed by atoms with Gasteiger partial charge in [-0.2, -0.15) is 4.31 Å². The van der Waals surface area contributed by atoms with Crippen molar-refractivity contribution in [1.82, 2.24) is 9.21 Å². The van der Waals surface area contributed by atoms with Gasteiger partial charge in [0.2, 0.25) is 10.0 Å². The van der Waals surface area contributed by atoms with Crippen LogP contribution in [0.4, 0.5) is 0 Å². The predicted molar refractivity (Wildman–Crippen MR) is 132 cm³/mol. The molecule has 2 fully saturated rings. The van der Waals surface area contributed by atoms with E-state index in [9.17, 15) is 8.42 Å². The number of hydrogen-bond acceptors (Lipinski definition) is 4. The molecular formula is C25H35ClN2O3S. The summed E-state index contributed by atoms with van der Waals surface area (Å²) in [7, 11) is -1.87. The maximum Gasteiger partial charge on any atom is 0.243 e. The van der Waals surface area contributed by atoms with Gasteiger partial charge in [-0.05, 0) is 74.4 Å². The molecule has 7 heteroatoms. The number of hydrogen-bond donors (Lipinski definition) is 0. The number of methoxy groups -OCH3 is 1. The summed E-state index contributed by atoms with van der Waals surface area (Å²) >= 11 is 0. The molecule has 0 aromatic heterocycles. The van der Waals surface area contributed by atoms with E-state index in [1.54, 1.807) is 23.5 Å². The third-order valence-electron chi connectivity index (χ3n) is 6.81. The summed E-state index contributed by atoms with van der Waals surface area (Å²) in [6.07, 6.45) is 5.44. The van der Waals surface area contributed by atoms with Crippen LogP contribution < -0.4 is 0 Å². The van der Waals surface area contributed by atoms with Crippen molar-refractivity contribution in [2.75, 3.05) is 33.4 Å². The molecule has 32 heavy (non-hydrogen) atoms. The lowest BCUT2D eigenvalue weighted by Crippen LogP contribution is -2.38. The van der Waals surface area contributed by atoms with Gasteiger partial charge in [0.1, 0.15) is 0 Å². The quantitative estimate of drug-likeness (QED) is 0.556. The number of rotatable bonds is 8. The summed E-state index contributed by atoms with van der Waals surface area (Å²) in [5.41, 5.74) is 3.49. The van der Waals surface area contributed by atoms with Crippen molar-refractivity contribution in [2.45, 2.75) is 56.0 Å². The van der Waals surface area contributed by atoms with Crippen LogP contribution in [-0.2, 0) is 21.2 Å². The second-order valence-corrected chi connectivity index (χ2v) is 10.8. The molecule has 0 N–H and O–H groups in total. The Morgan fingerprint density at radius 3 is 2.16 bits per heavy atom. The van der Waals surface area contributed by atoms with E-state index in [0.29, 0.717) is 24.1 Å². The molecule has 0 saturated carbocycles. The molecule has 0 bridgehead atoms. The highest BCUT2D eigenvalue weighted by Gasteiger charge is 2.35. The first-order valence-electron chi connectivity index (χ1n) is 11.4.